The zero-order chi connectivity index (χ0) is 21.8. The van der Waals surface area contributed by atoms with Gasteiger partial charge >= 0.3 is 17.9 Å². The first-order chi connectivity index (χ1) is 13.5. The first kappa shape index (κ1) is 22.9. The number of sulfone groups is 1. The van der Waals surface area contributed by atoms with Crippen molar-refractivity contribution in [2.75, 3.05) is 12.0 Å². The average Bonchev–Trinajstić information content (AvgIpc) is 2.58. The summed E-state index contributed by atoms with van der Waals surface area (Å²) in [6.07, 6.45) is -0.733. The summed E-state index contributed by atoms with van der Waals surface area (Å²) in [6, 6.07) is 2.69. The Balaban J connectivity index is 2.28. The number of ether oxygens (including phenoxy) is 4. The molecule has 10 nitrogen and oxygen atoms in total. The fourth-order valence-corrected chi connectivity index (χ4v) is 4.38. The van der Waals surface area contributed by atoms with Crippen molar-refractivity contribution in [2.24, 2.45) is 0 Å². The second kappa shape index (κ2) is 9.44. The van der Waals surface area contributed by atoms with Gasteiger partial charge in [0.15, 0.2) is 38.6 Å². The van der Waals surface area contributed by atoms with Crippen molar-refractivity contribution < 1.29 is 41.7 Å². The molecule has 1 aromatic rings. The SMILES string of the molecule is CC(=O)O[C@@H]1[C@@H](OC(C)=O)[C@@H](Oc2ccc(S(C)(=O)=O)nc2)SC[C@H]1OC(C)=O. The zero-order valence-corrected chi connectivity index (χ0v) is 17.8. The second-order valence-corrected chi connectivity index (χ2v) is 9.31. The van der Waals surface area contributed by atoms with Crippen molar-refractivity contribution in [2.45, 2.75) is 49.5 Å². The van der Waals surface area contributed by atoms with E-state index in [1.165, 1.54) is 50.9 Å². The summed E-state index contributed by atoms with van der Waals surface area (Å²) in [5, 5.41) is -0.120. The smallest absolute Gasteiger partial charge is 0.303 e. The van der Waals surface area contributed by atoms with E-state index in [9.17, 15) is 22.8 Å². The van der Waals surface area contributed by atoms with Gasteiger partial charge in [-0.3, -0.25) is 14.4 Å². The molecule has 29 heavy (non-hydrogen) atoms. The van der Waals surface area contributed by atoms with Crippen LogP contribution in [0.5, 0.6) is 5.75 Å². The summed E-state index contributed by atoms with van der Waals surface area (Å²) in [5.41, 5.74) is -0.819. The summed E-state index contributed by atoms with van der Waals surface area (Å²) in [4.78, 5) is 38.4. The topological polar surface area (TPSA) is 135 Å². The van der Waals surface area contributed by atoms with Crippen LogP contribution in [0, 0.1) is 0 Å². The molecule has 2 heterocycles. The maximum absolute atomic E-state index is 11.6. The van der Waals surface area contributed by atoms with Gasteiger partial charge in [0.2, 0.25) is 0 Å². The summed E-state index contributed by atoms with van der Waals surface area (Å²) in [6.45, 7) is 3.58. The molecule has 0 amide bonds. The molecule has 0 aromatic carbocycles. The third kappa shape index (κ3) is 6.60. The van der Waals surface area contributed by atoms with Crippen LogP contribution in [-0.2, 0) is 38.4 Å². The van der Waals surface area contributed by atoms with Gasteiger partial charge in [-0.15, -0.1) is 11.8 Å². The lowest BCUT2D eigenvalue weighted by Crippen LogP contribution is -2.55. The van der Waals surface area contributed by atoms with Crippen molar-refractivity contribution in [3.8, 4) is 5.75 Å². The molecule has 0 N–H and O–H groups in total. The molecule has 0 radical (unpaired) electrons. The zero-order valence-electron chi connectivity index (χ0n) is 16.2. The van der Waals surface area contributed by atoms with Gasteiger partial charge in [0.1, 0.15) is 5.75 Å². The minimum Gasteiger partial charge on any atom is -0.474 e. The van der Waals surface area contributed by atoms with Crippen LogP contribution in [0.2, 0.25) is 0 Å². The van der Waals surface area contributed by atoms with Crippen LogP contribution in [0.15, 0.2) is 23.4 Å². The monoisotopic (exact) mass is 447 g/mol. The van der Waals surface area contributed by atoms with E-state index in [1.807, 2.05) is 0 Å². The van der Waals surface area contributed by atoms with Crippen LogP contribution in [0.25, 0.3) is 0 Å². The van der Waals surface area contributed by atoms with Crippen molar-refractivity contribution >= 4 is 39.5 Å². The Morgan fingerprint density at radius 3 is 2.07 bits per heavy atom. The molecule has 0 aliphatic carbocycles. The quantitative estimate of drug-likeness (QED) is 0.451. The lowest BCUT2D eigenvalue weighted by Gasteiger charge is -2.39. The number of carbonyl (C=O) groups is 3. The number of aromatic nitrogens is 1. The Labute approximate surface area is 172 Å². The maximum Gasteiger partial charge on any atom is 0.303 e. The molecule has 0 saturated carbocycles. The fourth-order valence-electron chi connectivity index (χ4n) is 2.60. The van der Waals surface area contributed by atoms with E-state index >= 15 is 0 Å². The Hall–Kier alpha value is -2.34. The van der Waals surface area contributed by atoms with E-state index in [4.69, 9.17) is 18.9 Å². The molecule has 160 valence electrons. The number of hydrogen-bond acceptors (Lipinski definition) is 11. The Bertz CT molecular complexity index is 869. The highest BCUT2D eigenvalue weighted by molar-refractivity contribution is 7.99. The molecule has 1 aliphatic rings. The van der Waals surface area contributed by atoms with Crippen molar-refractivity contribution in [1.29, 1.82) is 0 Å². The number of pyridine rings is 1. The summed E-state index contributed by atoms with van der Waals surface area (Å²) in [7, 11) is -3.47. The molecule has 1 aromatic heterocycles. The van der Waals surface area contributed by atoms with Crippen LogP contribution < -0.4 is 4.74 Å². The van der Waals surface area contributed by atoms with Crippen molar-refractivity contribution in [1.82, 2.24) is 4.98 Å². The number of esters is 3. The molecule has 1 saturated heterocycles. The Morgan fingerprint density at radius 2 is 1.59 bits per heavy atom. The van der Waals surface area contributed by atoms with Gasteiger partial charge in [0.25, 0.3) is 0 Å². The first-order valence-electron chi connectivity index (χ1n) is 8.43. The van der Waals surface area contributed by atoms with Gasteiger partial charge in [0, 0.05) is 32.8 Å². The number of hydrogen-bond donors (Lipinski definition) is 0. The van der Waals surface area contributed by atoms with Crippen LogP contribution in [0.4, 0.5) is 0 Å². The standard InChI is InChI=1S/C17H21NO9S2/c1-9(19)24-13-8-28-17(16(26-11(3)21)15(13)25-10(2)20)27-12-5-6-14(18-7-12)29(4,22)23/h5-7,13,15-17H,8H2,1-4H3/t13-,15+,16-,17+/m1/s1. The lowest BCUT2D eigenvalue weighted by molar-refractivity contribution is -0.186. The maximum atomic E-state index is 11.6. The lowest BCUT2D eigenvalue weighted by atomic mass is 10.1. The molecule has 0 bridgehead atoms. The van der Waals surface area contributed by atoms with Gasteiger partial charge in [-0.25, -0.2) is 13.4 Å². The van der Waals surface area contributed by atoms with E-state index in [2.05, 4.69) is 4.98 Å². The largest absolute Gasteiger partial charge is 0.474 e. The second-order valence-electron chi connectivity index (χ2n) is 6.22. The molecule has 1 aliphatic heterocycles. The Kier molecular flexibility index (Phi) is 7.47. The van der Waals surface area contributed by atoms with Crippen molar-refractivity contribution in [3.63, 3.8) is 0 Å². The summed E-state index contributed by atoms with van der Waals surface area (Å²) in [5.74, 6) is -1.42. The van der Waals surface area contributed by atoms with Crippen LogP contribution in [0.1, 0.15) is 20.8 Å². The van der Waals surface area contributed by atoms with Gasteiger partial charge in [-0.05, 0) is 12.1 Å². The summed E-state index contributed by atoms with van der Waals surface area (Å²) < 4.78 is 44.6. The molecule has 2 rings (SSSR count). The number of rotatable bonds is 6. The van der Waals surface area contributed by atoms with E-state index in [0.717, 1.165) is 6.26 Å². The minimum atomic E-state index is -3.47. The number of nitrogens with zero attached hydrogens (tertiary/aromatic N) is 1. The fraction of sp³-hybridized carbons (Fsp3) is 0.529. The molecule has 4 atom stereocenters. The Morgan fingerprint density at radius 1 is 1.00 bits per heavy atom. The van der Waals surface area contributed by atoms with E-state index in [0.29, 0.717) is 0 Å². The van der Waals surface area contributed by atoms with Crippen LogP contribution >= 0.6 is 11.8 Å². The highest BCUT2D eigenvalue weighted by Gasteiger charge is 2.47. The van der Waals surface area contributed by atoms with Crippen molar-refractivity contribution in [3.05, 3.63) is 18.3 Å². The van der Waals surface area contributed by atoms with E-state index in [-0.39, 0.29) is 16.5 Å². The molecule has 1 fully saturated rings. The van der Waals surface area contributed by atoms with Gasteiger partial charge in [0.05, 0.1) is 6.20 Å². The van der Waals surface area contributed by atoms with Crippen LogP contribution in [-0.4, -0.2) is 67.1 Å². The van der Waals surface area contributed by atoms with Gasteiger partial charge < -0.3 is 18.9 Å². The molecule has 12 heteroatoms. The molecule has 0 unspecified atom stereocenters. The predicted octanol–water partition coefficient (Wildman–Crippen LogP) is 0.732. The average molecular weight is 447 g/mol. The molecular weight excluding hydrogens is 426 g/mol. The third-order valence-corrected chi connectivity index (χ3v) is 5.86. The summed E-state index contributed by atoms with van der Waals surface area (Å²) >= 11 is 1.18. The number of carbonyl (C=O) groups excluding carboxylic acids is 3. The van der Waals surface area contributed by atoms with E-state index in [1.54, 1.807) is 0 Å². The molecular formula is C17H21NO9S2. The first-order valence-corrected chi connectivity index (χ1v) is 11.4. The third-order valence-electron chi connectivity index (χ3n) is 3.65. The van der Waals surface area contributed by atoms with Crippen LogP contribution in [0.3, 0.4) is 0 Å². The highest BCUT2D eigenvalue weighted by atomic mass is 32.2. The van der Waals surface area contributed by atoms with Gasteiger partial charge in [-0.2, -0.15) is 0 Å². The normalized spacial score (nSPS) is 24.3. The number of thioether (sulfide) groups is 1. The van der Waals surface area contributed by atoms with E-state index < -0.39 is 51.5 Å². The highest BCUT2D eigenvalue weighted by Crippen LogP contribution is 2.34. The molecule has 0 spiro atoms. The predicted molar refractivity (Wildman–Crippen MR) is 101 cm³/mol. The minimum absolute atomic E-state index is 0.120. The van der Waals surface area contributed by atoms with Gasteiger partial charge in [-0.1, -0.05) is 0 Å².